The first kappa shape index (κ1) is 23.4. The second-order valence-electron chi connectivity index (χ2n) is 7.99. The molecule has 0 aromatic heterocycles. The van der Waals surface area contributed by atoms with E-state index in [-0.39, 0.29) is 10.8 Å². The van der Waals surface area contributed by atoms with Gasteiger partial charge < -0.3 is 4.90 Å². The largest absolute Gasteiger partial charge is 0.339 e. The second-order valence-corrected chi connectivity index (χ2v) is 9.92. The van der Waals surface area contributed by atoms with Crippen LogP contribution >= 0.6 is 0 Å². The van der Waals surface area contributed by atoms with E-state index in [0.29, 0.717) is 44.8 Å². The molecule has 0 atom stereocenters. The third kappa shape index (κ3) is 5.93. The highest BCUT2D eigenvalue weighted by molar-refractivity contribution is 7.89. The van der Waals surface area contributed by atoms with Crippen LogP contribution in [0.25, 0.3) is 0 Å². The summed E-state index contributed by atoms with van der Waals surface area (Å²) < 4.78 is 28.0. The first-order chi connectivity index (χ1) is 15.0. The van der Waals surface area contributed by atoms with Crippen LogP contribution in [0.3, 0.4) is 0 Å². The molecule has 7 heteroatoms. The van der Waals surface area contributed by atoms with Crippen LogP contribution < -0.4 is 0 Å². The number of nitrogens with zero attached hydrogens (tertiary/aromatic N) is 3. The van der Waals surface area contributed by atoms with Gasteiger partial charge in [-0.15, -0.1) is 0 Å². The normalized spacial score (nSPS) is 15.7. The number of sulfonamides is 1. The smallest absolute Gasteiger partial charge is 0.253 e. The van der Waals surface area contributed by atoms with Crippen LogP contribution in [0.1, 0.15) is 42.6 Å². The Kier molecular flexibility index (Phi) is 8.23. The maximum absolute atomic E-state index is 13.2. The summed E-state index contributed by atoms with van der Waals surface area (Å²) >= 11 is 0. The van der Waals surface area contributed by atoms with E-state index < -0.39 is 10.0 Å². The molecule has 2 aromatic rings. The molecule has 1 heterocycles. The van der Waals surface area contributed by atoms with Gasteiger partial charge in [0.05, 0.1) is 4.90 Å². The van der Waals surface area contributed by atoms with Crippen molar-refractivity contribution in [3.63, 3.8) is 0 Å². The molecule has 0 unspecified atom stereocenters. The van der Waals surface area contributed by atoms with Gasteiger partial charge in [0.1, 0.15) is 0 Å². The highest BCUT2D eigenvalue weighted by atomic mass is 32.2. The molecule has 2 aromatic carbocycles. The predicted octanol–water partition coefficient (Wildman–Crippen LogP) is 3.46. The van der Waals surface area contributed by atoms with Crippen molar-refractivity contribution in [1.29, 1.82) is 0 Å². The van der Waals surface area contributed by atoms with Crippen molar-refractivity contribution < 1.29 is 13.2 Å². The molecule has 31 heavy (non-hydrogen) atoms. The molecular weight excluding hydrogens is 410 g/mol. The van der Waals surface area contributed by atoms with Gasteiger partial charge >= 0.3 is 0 Å². The molecule has 0 bridgehead atoms. The van der Waals surface area contributed by atoms with Gasteiger partial charge in [0.2, 0.25) is 10.0 Å². The molecule has 0 saturated carbocycles. The lowest BCUT2D eigenvalue weighted by Gasteiger charge is -2.34. The van der Waals surface area contributed by atoms with Gasteiger partial charge in [-0.2, -0.15) is 4.31 Å². The van der Waals surface area contributed by atoms with E-state index in [1.165, 1.54) is 15.9 Å². The molecule has 3 rings (SSSR count). The molecule has 1 fully saturated rings. The van der Waals surface area contributed by atoms with E-state index in [1.807, 2.05) is 32.0 Å². The number of benzene rings is 2. The second kappa shape index (κ2) is 10.9. The minimum absolute atomic E-state index is 0.103. The predicted molar refractivity (Wildman–Crippen MR) is 123 cm³/mol. The molecule has 0 aliphatic carbocycles. The van der Waals surface area contributed by atoms with Crippen LogP contribution in [0, 0.1) is 0 Å². The SMILES string of the molecule is CCCN(CCC)C(=O)c1cccc(S(=O)(=O)N2CCN(Cc3ccccc3)CC2)c1. The maximum Gasteiger partial charge on any atom is 0.253 e. The summed E-state index contributed by atoms with van der Waals surface area (Å²) in [7, 11) is -3.63. The Morgan fingerprint density at radius 3 is 2.16 bits per heavy atom. The Bertz CT molecular complexity index is 949. The van der Waals surface area contributed by atoms with Gasteiger partial charge in [-0.3, -0.25) is 9.69 Å². The van der Waals surface area contributed by atoms with Crippen molar-refractivity contribution >= 4 is 15.9 Å². The number of carbonyl (C=O) groups is 1. The minimum atomic E-state index is -3.63. The lowest BCUT2D eigenvalue weighted by molar-refractivity contribution is 0.0755. The fourth-order valence-corrected chi connectivity index (χ4v) is 5.41. The highest BCUT2D eigenvalue weighted by Crippen LogP contribution is 2.20. The van der Waals surface area contributed by atoms with Crippen LogP contribution in [0.15, 0.2) is 59.5 Å². The van der Waals surface area contributed by atoms with Crippen molar-refractivity contribution in [3.8, 4) is 0 Å². The molecule has 0 radical (unpaired) electrons. The molecule has 1 amide bonds. The number of carbonyl (C=O) groups excluding carboxylic acids is 1. The number of rotatable bonds is 9. The average molecular weight is 444 g/mol. The van der Waals surface area contributed by atoms with Crippen molar-refractivity contribution in [2.75, 3.05) is 39.3 Å². The molecule has 168 valence electrons. The topological polar surface area (TPSA) is 60.9 Å². The minimum Gasteiger partial charge on any atom is -0.339 e. The van der Waals surface area contributed by atoms with E-state index in [0.717, 1.165) is 19.4 Å². The zero-order chi connectivity index (χ0) is 22.3. The molecule has 6 nitrogen and oxygen atoms in total. The average Bonchev–Trinajstić information content (AvgIpc) is 2.79. The zero-order valence-electron chi connectivity index (χ0n) is 18.5. The number of piperazine rings is 1. The molecule has 1 aliphatic rings. The highest BCUT2D eigenvalue weighted by Gasteiger charge is 2.29. The van der Waals surface area contributed by atoms with Crippen molar-refractivity contribution in [1.82, 2.24) is 14.1 Å². The van der Waals surface area contributed by atoms with Gasteiger partial charge in [-0.05, 0) is 36.6 Å². The van der Waals surface area contributed by atoms with E-state index in [1.54, 1.807) is 23.1 Å². The monoisotopic (exact) mass is 443 g/mol. The molecule has 1 aliphatic heterocycles. The van der Waals surface area contributed by atoms with Gasteiger partial charge in [0, 0.05) is 51.4 Å². The summed E-state index contributed by atoms with van der Waals surface area (Å²) in [6.45, 7) is 8.52. The lowest BCUT2D eigenvalue weighted by atomic mass is 10.2. The van der Waals surface area contributed by atoms with Crippen LogP contribution in [0.5, 0.6) is 0 Å². The number of hydrogen-bond donors (Lipinski definition) is 0. The van der Waals surface area contributed by atoms with Crippen molar-refractivity contribution in [2.45, 2.75) is 38.1 Å². The number of amides is 1. The molecule has 0 spiro atoms. The maximum atomic E-state index is 13.2. The van der Waals surface area contributed by atoms with Crippen LogP contribution in [0.4, 0.5) is 0 Å². The molecule has 1 saturated heterocycles. The lowest BCUT2D eigenvalue weighted by Crippen LogP contribution is -2.48. The van der Waals surface area contributed by atoms with Gasteiger partial charge in [-0.1, -0.05) is 50.2 Å². The fourth-order valence-electron chi connectivity index (χ4n) is 3.95. The summed E-state index contributed by atoms with van der Waals surface area (Å²) in [5.41, 5.74) is 1.67. The molecular formula is C24H33N3O3S. The fraction of sp³-hybridized carbons (Fsp3) is 0.458. The Labute approximate surface area is 186 Å². The summed E-state index contributed by atoms with van der Waals surface area (Å²) in [6, 6.07) is 16.7. The van der Waals surface area contributed by atoms with Crippen molar-refractivity contribution in [2.24, 2.45) is 0 Å². The Morgan fingerprint density at radius 2 is 1.55 bits per heavy atom. The van der Waals surface area contributed by atoms with E-state index in [9.17, 15) is 13.2 Å². The van der Waals surface area contributed by atoms with Gasteiger partial charge in [-0.25, -0.2) is 8.42 Å². The molecule has 0 N–H and O–H groups in total. The van der Waals surface area contributed by atoms with Gasteiger partial charge in [0.15, 0.2) is 0 Å². The Morgan fingerprint density at radius 1 is 0.903 bits per heavy atom. The first-order valence-corrected chi connectivity index (χ1v) is 12.6. The van der Waals surface area contributed by atoms with Crippen LogP contribution in [-0.2, 0) is 16.6 Å². The first-order valence-electron chi connectivity index (χ1n) is 11.1. The standard InChI is InChI=1S/C24H33N3O3S/c1-3-13-26(14-4-2)24(28)22-11-8-12-23(19-22)31(29,30)27-17-15-25(16-18-27)20-21-9-6-5-7-10-21/h5-12,19H,3-4,13-18,20H2,1-2H3. The third-order valence-corrected chi connectivity index (χ3v) is 7.47. The summed E-state index contributed by atoms with van der Waals surface area (Å²) in [6.07, 6.45) is 1.74. The van der Waals surface area contributed by atoms with Crippen molar-refractivity contribution in [3.05, 3.63) is 65.7 Å². The van der Waals surface area contributed by atoms with E-state index in [4.69, 9.17) is 0 Å². The van der Waals surface area contributed by atoms with Crippen LogP contribution in [-0.4, -0.2) is 67.7 Å². The third-order valence-electron chi connectivity index (χ3n) is 5.57. The summed E-state index contributed by atoms with van der Waals surface area (Å²) in [5, 5.41) is 0. The summed E-state index contributed by atoms with van der Waals surface area (Å²) in [5.74, 6) is -0.103. The quantitative estimate of drug-likeness (QED) is 0.596. The summed E-state index contributed by atoms with van der Waals surface area (Å²) in [4.78, 5) is 17.2. The number of hydrogen-bond acceptors (Lipinski definition) is 4. The van der Waals surface area contributed by atoms with E-state index in [2.05, 4.69) is 17.0 Å². The van der Waals surface area contributed by atoms with Crippen LogP contribution in [0.2, 0.25) is 0 Å². The van der Waals surface area contributed by atoms with E-state index >= 15 is 0 Å². The zero-order valence-corrected chi connectivity index (χ0v) is 19.4. The van der Waals surface area contributed by atoms with Gasteiger partial charge in [0.25, 0.3) is 5.91 Å². The Hall–Kier alpha value is -2.22. The Balaban J connectivity index is 1.68.